The number of carbonyl (C=O) groups excluding carboxylic acids is 2. The molecule has 1 saturated heterocycles. The van der Waals surface area contributed by atoms with Crippen molar-refractivity contribution in [2.45, 2.75) is 76.3 Å². The predicted molar refractivity (Wildman–Crippen MR) is 181 cm³/mol. The highest BCUT2D eigenvalue weighted by molar-refractivity contribution is 8.00. The minimum absolute atomic E-state index is 0.0559. The lowest BCUT2D eigenvalue weighted by atomic mass is 10.1. The summed E-state index contributed by atoms with van der Waals surface area (Å²) in [7, 11) is 1.64. The van der Waals surface area contributed by atoms with E-state index in [-0.39, 0.29) is 24.0 Å². The minimum Gasteiger partial charge on any atom is -0.493 e. The number of urea groups is 1. The monoisotopic (exact) mass is 654 g/mol. The van der Waals surface area contributed by atoms with Crippen LogP contribution in [0.25, 0.3) is 11.3 Å². The van der Waals surface area contributed by atoms with Crippen molar-refractivity contribution in [3.8, 4) is 22.8 Å². The Balaban J connectivity index is 1.04. The van der Waals surface area contributed by atoms with Crippen molar-refractivity contribution in [3.63, 3.8) is 0 Å². The third kappa shape index (κ3) is 8.58. The van der Waals surface area contributed by atoms with Gasteiger partial charge in [0.2, 0.25) is 5.91 Å². The number of hydrogen-bond acceptors (Lipinski definition) is 7. The molecule has 2 aliphatic rings. The molecule has 3 aromatic rings. The molecule has 1 aliphatic heterocycles. The molecule has 3 atom stereocenters. The summed E-state index contributed by atoms with van der Waals surface area (Å²) in [6.45, 7) is 5.65. The van der Waals surface area contributed by atoms with Crippen LogP contribution in [0.15, 0.2) is 36.4 Å². The van der Waals surface area contributed by atoms with Gasteiger partial charge in [-0.1, -0.05) is 36.2 Å². The molecule has 0 radical (unpaired) electrons. The highest BCUT2D eigenvalue weighted by Gasteiger charge is 2.27. The van der Waals surface area contributed by atoms with E-state index < -0.39 is 0 Å². The molecule has 242 valence electrons. The molecule has 0 bridgehead atoms. The Labute approximate surface area is 274 Å². The summed E-state index contributed by atoms with van der Waals surface area (Å²) >= 11 is 8.21. The number of anilines is 1. The number of nitrogens with one attached hydrogen (secondary N) is 5. The molecule has 1 fully saturated rings. The fraction of sp³-hybridized carbons (Fsp3) is 0.485. The summed E-state index contributed by atoms with van der Waals surface area (Å²) in [4.78, 5) is 24.3. The molecule has 2 heterocycles. The average Bonchev–Trinajstić information content (AvgIpc) is 3.57. The number of nitrogens with zero attached hydrogens (tertiary/aromatic N) is 1. The Morgan fingerprint density at radius 2 is 1.98 bits per heavy atom. The van der Waals surface area contributed by atoms with Crippen molar-refractivity contribution in [2.75, 3.05) is 31.3 Å². The zero-order valence-corrected chi connectivity index (χ0v) is 27.7. The van der Waals surface area contributed by atoms with Gasteiger partial charge in [-0.2, -0.15) is 16.9 Å². The number of methoxy groups -OCH3 is 1. The summed E-state index contributed by atoms with van der Waals surface area (Å²) < 4.78 is 11.8. The SMILES string of the molecule is COc1cc2c(cc1OCCCNC(=O)CCCCC1SCC(C)NC(=O)NC1C)-c1[nH]nc(NCc3ccccc3Cl)c1C2. The predicted octanol–water partition coefficient (Wildman–Crippen LogP) is 5.89. The zero-order chi connectivity index (χ0) is 31.8. The number of H-pyrrole nitrogens is 1. The molecular formula is C33H43ClN6O4S. The Bertz CT molecular complexity index is 1480. The summed E-state index contributed by atoms with van der Waals surface area (Å²) in [6, 6.07) is 12.0. The third-order valence-electron chi connectivity index (χ3n) is 8.19. The fourth-order valence-electron chi connectivity index (χ4n) is 5.72. The standard InChI is InChI=1S/C33H43ClN6O4S/c1-20-19-45-29(21(2)38-33(42)37-20)11-6-7-12-30(41)35-13-8-14-44-28-17-24-23(16-27(28)43-3)15-25-31(24)39-40-32(25)36-18-22-9-4-5-10-26(22)34/h4-5,9-10,16-17,20-21,29H,6-8,11-15,18-19H2,1-3H3,(H,35,41)(H2,36,39,40)(H2,37,38,42). The van der Waals surface area contributed by atoms with E-state index in [1.54, 1.807) is 7.11 Å². The number of aromatic amines is 1. The quantitative estimate of drug-likeness (QED) is 0.107. The molecule has 45 heavy (non-hydrogen) atoms. The van der Waals surface area contributed by atoms with Crippen LogP contribution in [-0.4, -0.2) is 65.5 Å². The van der Waals surface area contributed by atoms with E-state index in [2.05, 4.69) is 31.5 Å². The Morgan fingerprint density at radius 3 is 2.80 bits per heavy atom. The normalized spacial score (nSPS) is 18.9. The average molecular weight is 655 g/mol. The van der Waals surface area contributed by atoms with Crippen LogP contribution in [0.4, 0.5) is 10.6 Å². The number of thioether (sulfide) groups is 1. The largest absolute Gasteiger partial charge is 0.493 e. The van der Waals surface area contributed by atoms with Crippen LogP contribution in [0.3, 0.4) is 0 Å². The van der Waals surface area contributed by atoms with Gasteiger partial charge in [0.1, 0.15) is 0 Å². The van der Waals surface area contributed by atoms with Gasteiger partial charge in [-0.25, -0.2) is 4.79 Å². The molecule has 0 spiro atoms. The number of benzene rings is 2. The number of unbranched alkanes of at least 4 members (excludes halogenated alkanes) is 1. The van der Waals surface area contributed by atoms with Crippen LogP contribution in [0.5, 0.6) is 11.5 Å². The van der Waals surface area contributed by atoms with Crippen LogP contribution in [0.2, 0.25) is 5.02 Å². The fourth-order valence-corrected chi connectivity index (χ4v) is 7.24. The van der Waals surface area contributed by atoms with Gasteiger partial charge in [-0.3, -0.25) is 9.89 Å². The van der Waals surface area contributed by atoms with Gasteiger partial charge in [0.25, 0.3) is 0 Å². The molecule has 3 unspecified atom stereocenters. The highest BCUT2D eigenvalue weighted by Crippen LogP contribution is 2.44. The van der Waals surface area contributed by atoms with Gasteiger partial charge in [-0.05, 0) is 62.4 Å². The number of ether oxygens (including phenoxy) is 2. The van der Waals surface area contributed by atoms with Crippen LogP contribution in [0, 0.1) is 0 Å². The third-order valence-corrected chi connectivity index (χ3v) is 10.3. The molecule has 3 amide bonds. The number of fused-ring (bicyclic) bond motifs is 3. The molecule has 1 aliphatic carbocycles. The van der Waals surface area contributed by atoms with E-state index in [0.29, 0.717) is 49.3 Å². The van der Waals surface area contributed by atoms with E-state index in [9.17, 15) is 9.59 Å². The maximum absolute atomic E-state index is 12.4. The number of halogens is 1. The summed E-state index contributed by atoms with van der Waals surface area (Å²) in [6.07, 6.45) is 4.67. The maximum atomic E-state index is 12.4. The van der Waals surface area contributed by atoms with E-state index in [1.165, 1.54) is 0 Å². The number of rotatable bonds is 14. The second-order valence-corrected chi connectivity index (χ2v) is 13.4. The number of amides is 3. The maximum Gasteiger partial charge on any atom is 0.315 e. The van der Waals surface area contributed by atoms with Crippen molar-refractivity contribution < 1.29 is 19.1 Å². The lowest BCUT2D eigenvalue weighted by molar-refractivity contribution is -0.121. The molecule has 5 N–H and O–H groups in total. The first kappa shape index (κ1) is 32.8. The highest BCUT2D eigenvalue weighted by atomic mass is 35.5. The van der Waals surface area contributed by atoms with Gasteiger partial charge in [0.15, 0.2) is 17.3 Å². The minimum atomic E-state index is -0.0991. The molecule has 2 aromatic carbocycles. The first-order chi connectivity index (χ1) is 21.8. The van der Waals surface area contributed by atoms with E-state index in [0.717, 1.165) is 70.2 Å². The second kappa shape index (κ2) is 15.6. The number of carbonyl (C=O) groups is 2. The van der Waals surface area contributed by atoms with Crippen LogP contribution in [-0.2, 0) is 17.8 Å². The van der Waals surface area contributed by atoms with Crippen LogP contribution in [0.1, 0.15) is 62.6 Å². The lowest BCUT2D eigenvalue weighted by Gasteiger charge is -2.29. The van der Waals surface area contributed by atoms with Gasteiger partial charge in [-0.15, -0.1) is 0 Å². The van der Waals surface area contributed by atoms with Gasteiger partial charge in [0.05, 0.1) is 19.4 Å². The number of aromatic nitrogens is 2. The van der Waals surface area contributed by atoms with Crippen molar-refractivity contribution in [1.29, 1.82) is 0 Å². The van der Waals surface area contributed by atoms with Gasteiger partial charge < -0.3 is 30.7 Å². The summed E-state index contributed by atoms with van der Waals surface area (Å²) in [5.74, 6) is 3.12. The molecule has 10 nitrogen and oxygen atoms in total. The Morgan fingerprint density at radius 1 is 1.13 bits per heavy atom. The zero-order valence-electron chi connectivity index (χ0n) is 26.1. The van der Waals surface area contributed by atoms with E-state index >= 15 is 0 Å². The molecule has 5 rings (SSSR count). The first-order valence-corrected chi connectivity index (χ1v) is 17.1. The summed E-state index contributed by atoms with van der Waals surface area (Å²) in [5.41, 5.74) is 5.29. The molecular weight excluding hydrogens is 612 g/mol. The number of hydrogen-bond donors (Lipinski definition) is 5. The van der Waals surface area contributed by atoms with Gasteiger partial charge >= 0.3 is 6.03 Å². The van der Waals surface area contributed by atoms with E-state index in [4.69, 9.17) is 21.1 Å². The van der Waals surface area contributed by atoms with E-state index in [1.807, 2.05) is 62.0 Å². The topological polar surface area (TPSA) is 129 Å². The van der Waals surface area contributed by atoms with Crippen molar-refractivity contribution in [2.24, 2.45) is 0 Å². The second-order valence-electron chi connectivity index (χ2n) is 11.7. The first-order valence-electron chi connectivity index (χ1n) is 15.7. The lowest BCUT2D eigenvalue weighted by Crippen LogP contribution is -2.51. The van der Waals surface area contributed by atoms with Crippen LogP contribution < -0.4 is 30.7 Å². The Kier molecular flexibility index (Phi) is 11.4. The van der Waals surface area contributed by atoms with Crippen LogP contribution >= 0.6 is 23.4 Å². The Hall–Kier alpha value is -3.57. The summed E-state index contributed by atoms with van der Waals surface area (Å²) in [5, 5.41) is 21.2. The van der Waals surface area contributed by atoms with Crippen molar-refractivity contribution >= 4 is 41.1 Å². The van der Waals surface area contributed by atoms with Gasteiger partial charge in [0, 0.05) is 65.2 Å². The molecule has 1 aromatic heterocycles. The molecule has 12 heteroatoms. The van der Waals surface area contributed by atoms with Crippen molar-refractivity contribution in [3.05, 3.63) is 58.1 Å². The van der Waals surface area contributed by atoms with Crippen molar-refractivity contribution in [1.82, 2.24) is 26.1 Å². The molecule has 0 saturated carbocycles. The smallest absolute Gasteiger partial charge is 0.315 e.